The van der Waals surface area contributed by atoms with Gasteiger partial charge in [-0.15, -0.1) is 0 Å². The van der Waals surface area contributed by atoms with Crippen molar-refractivity contribution in [3.8, 4) is 0 Å². The molecule has 0 saturated carbocycles. The van der Waals surface area contributed by atoms with Crippen molar-refractivity contribution in [3.63, 3.8) is 0 Å². The van der Waals surface area contributed by atoms with E-state index in [1.54, 1.807) is 0 Å². The van der Waals surface area contributed by atoms with Crippen molar-refractivity contribution in [2.24, 2.45) is 0 Å². The largest absolute Gasteiger partial charge is 1.00 e. The zero-order valence-electron chi connectivity index (χ0n) is 9.92. The Morgan fingerprint density at radius 2 is 1.71 bits per heavy atom. The van der Waals surface area contributed by atoms with Crippen LogP contribution in [-0.4, -0.2) is 35.5 Å². The Hall–Kier alpha value is 0.850. The number of rotatable bonds is 3. The maximum Gasteiger partial charge on any atom is 1.00 e. The topological polar surface area (TPSA) is 118 Å². The van der Waals surface area contributed by atoms with Crippen molar-refractivity contribution in [1.82, 2.24) is 0 Å². The van der Waals surface area contributed by atoms with Gasteiger partial charge in [-0.2, -0.15) is 8.42 Å². The van der Waals surface area contributed by atoms with Crippen molar-refractivity contribution < 1.29 is 94.4 Å². The molecule has 0 saturated heterocycles. The summed E-state index contributed by atoms with van der Waals surface area (Å²) in [5.74, 6) is -3.06. The number of hydrogen-bond acceptors (Lipinski definition) is 5. The summed E-state index contributed by atoms with van der Waals surface area (Å²) in [7, 11) is -4.90. The van der Waals surface area contributed by atoms with Gasteiger partial charge < -0.3 is 12.7 Å². The van der Waals surface area contributed by atoms with Gasteiger partial charge >= 0.3 is 86.6 Å². The van der Waals surface area contributed by atoms with Crippen LogP contribution in [0.2, 0.25) is 0 Å². The molecular formula is C4H8Na2O7S. The average Bonchev–Trinajstić information content (AvgIpc) is 1.79. The standard InChI is InChI=1S/C4H6O7S.2Na.2H/c1-2(5)11-4(3(6)7)12(8,9)10;;;;/h4H,1H3,(H,6,7)(H,8,9,10);;;;/q;2*+1;2*-1. The molecule has 1 atom stereocenters. The summed E-state index contributed by atoms with van der Waals surface area (Å²) in [6.07, 6.45) is 0. The molecule has 0 aromatic carbocycles. The molecule has 0 aliphatic carbocycles. The van der Waals surface area contributed by atoms with Crippen LogP contribution in [0, 0.1) is 0 Å². The van der Waals surface area contributed by atoms with Crippen LogP contribution in [-0.2, 0) is 24.4 Å². The van der Waals surface area contributed by atoms with E-state index in [2.05, 4.69) is 4.74 Å². The minimum absolute atomic E-state index is 0. The molecule has 7 nitrogen and oxygen atoms in total. The third-order valence-electron chi connectivity index (χ3n) is 0.745. The molecular weight excluding hydrogens is 238 g/mol. The van der Waals surface area contributed by atoms with E-state index in [-0.39, 0.29) is 62.0 Å². The van der Waals surface area contributed by atoms with Gasteiger partial charge in [-0.05, 0) is 0 Å². The maximum absolute atomic E-state index is 10.2. The first-order chi connectivity index (χ1) is 5.25. The Balaban J connectivity index is -0.000000101. The molecule has 0 amide bonds. The third kappa shape index (κ3) is 8.18. The number of ether oxygens (including phenoxy) is 1. The first-order valence-electron chi connectivity index (χ1n) is 2.61. The molecule has 10 heteroatoms. The predicted molar refractivity (Wildman–Crippen MR) is 37.0 cm³/mol. The maximum atomic E-state index is 10.2. The second-order valence-corrected chi connectivity index (χ2v) is 3.25. The smallest absolute Gasteiger partial charge is 1.00 e. The number of carbonyl (C=O) groups is 2. The van der Waals surface area contributed by atoms with Gasteiger partial charge in [0.2, 0.25) is 0 Å². The molecule has 0 radical (unpaired) electrons. The van der Waals surface area contributed by atoms with Gasteiger partial charge in [-0.1, -0.05) is 0 Å². The quantitative estimate of drug-likeness (QED) is 0.288. The summed E-state index contributed by atoms with van der Waals surface area (Å²) in [6.45, 7) is 0.821. The van der Waals surface area contributed by atoms with Gasteiger partial charge in [-0.25, -0.2) is 4.79 Å². The predicted octanol–water partition coefficient (Wildman–Crippen LogP) is -6.92. The van der Waals surface area contributed by atoms with Crippen LogP contribution in [0.5, 0.6) is 0 Å². The molecule has 14 heavy (non-hydrogen) atoms. The zero-order valence-corrected chi connectivity index (χ0v) is 12.7. The molecule has 0 aliphatic rings. The van der Waals surface area contributed by atoms with E-state index in [4.69, 9.17) is 9.66 Å². The number of aliphatic carboxylic acids is 1. The number of hydrogen-bond donors (Lipinski definition) is 2. The summed E-state index contributed by atoms with van der Waals surface area (Å²) in [5, 5.41) is 8.14. The second kappa shape index (κ2) is 8.05. The molecule has 0 aromatic rings. The van der Waals surface area contributed by atoms with E-state index < -0.39 is 27.5 Å². The minimum Gasteiger partial charge on any atom is -1.00 e. The third-order valence-corrected chi connectivity index (χ3v) is 1.58. The summed E-state index contributed by atoms with van der Waals surface area (Å²) in [6, 6.07) is 0. The first kappa shape index (κ1) is 20.3. The summed E-state index contributed by atoms with van der Waals surface area (Å²) >= 11 is 0. The van der Waals surface area contributed by atoms with Crippen LogP contribution < -0.4 is 59.1 Å². The van der Waals surface area contributed by atoms with E-state index in [9.17, 15) is 18.0 Å². The van der Waals surface area contributed by atoms with E-state index in [1.807, 2.05) is 0 Å². The normalized spacial score (nSPS) is 11.6. The molecule has 2 N–H and O–H groups in total. The Morgan fingerprint density at radius 1 is 1.36 bits per heavy atom. The molecule has 1 unspecified atom stereocenters. The first-order valence-corrected chi connectivity index (χ1v) is 4.12. The molecule has 74 valence electrons. The number of carboxylic acid groups (broad SMARTS) is 1. The number of esters is 1. The van der Waals surface area contributed by atoms with Crippen molar-refractivity contribution >= 4 is 22.1 Å². The van der Waals surface area contributed by atoms with E-state index >= 15 is 0 Å². The monoisotopic (exact) mass is 246 g/mol. The molecule has 0 bridgehead atoms. The van der Waals surface area contributed by atoms with Crippen LogP contribution in [0.3, 0.4) is 0 Å². The van der Waals surface area contributed by atoms with Crippen LogP contribution in [0.4, 0.5) is 0 Å². The van der Waals surface area contributed by atoms with E-state index in [0.717, 1.165) is 6.92 Å². The molecule has 0 fully saturated rings. The number of carbonyl (C=O) groups excluding carboxylic acids is 1. The Bertz CT molecular complexity index is 306. The van der Waals surface area contributed by atoms with E-state index in [0.29, 0.717) is 0 Å². The van der Waals surface area contributed by atoms with Gasteiger partial charge in [0.15, 0.2) is 0 Å². The van der Waals surface area contributed by atoms with Crippen LogP contribution in [0.15, 0.2) is 0 Å². The average molecular weight is 246 g/mol. The van der Waals surface area contributed by atoms with Gasteiger partial charge in [-0.3, -0.25) is 9.35 Å². The van der Waals surface area contributed by atoms with Crippen molar-refractivity contribution in [2.75, 3.05) is 0 Å². The molecule has 0 aromatic heterocycles. The Morgan fingerprint density at radius 3 is 1.79 bits per heavy atom. The minimum atomic E-state index is -4.90. The van der Waals surface area contributed by atoms with E-state index in [1.165, 1.54) is 0 Å². The summed E-state index contributed by atoms with van der Waals surface area (Å²) in [4.78, 5) is 20.2. The van der Waals surface area contributed by atoms with Gasteiger partial charge in [0, 0.05) is 6.92 Å². The van der Waals surface area contributed by atoms with Crippen LogP contribution in [0.25, 0.3) is 0 Å². The van der Waals surface area contributed by atoms with Crippen molar-refractivity contribution in [2.45, 2.75) is 12.4 Å². The van der Waals surface area contributed by atoms with Crippen LogP contribution >= 0.6 is 0 Å². The molecule has 0 heterocycles. The Kier molecular flexibility index (Phi) is 11.7. The van der Waals surface area contributed by atoms with Gasteiger partial charge in [0.25, 0.3) is 0 Å². The summed E-state index contributed by atoms with van der Waals surface area (Å²) in [5.41, 5.74) is -2.55. The van der Waals surface area contributed by atoms with Gasteiger partial charge in [0.05, 0.1) is 0 Å². The molecule has 0 rings (SSSR count). The zero-order chi connectivity index (χ0) is 9.94. The summed E-state index contributed by atoms with van der Waals surface area (Å²) < 4.78 is 32.4. The van der Waals surface area contributed by atoms with Crippen molar-refractivity contribution in [3.05, 3.63) is 0 Å². The SMILES string of the molecule is CC(=O)OC(C(=O)O)S(=O)(=O)O.[H-].[H-].[Na+].[Na+]. The number of carboxylic acids is 1. The molecule has 0 spiro atoms. The molecule has 0 aliphatic heterocycles. The second-order valence-electron chi connectivity index (χ2n) is 1.79. The van der Waals surface area contributed by atoms with Crippen molar-refractivity contribution in [1.29, 1.82) is 0 Å². The fourth-order valence-corrected chi connectivity index (χ4v) is 0.901. The van der Waals surface area contributed by atoms with Gasteiger partial charge in [0.1, 0.15) is 0 Å². The fraction of sp³-hybridized carbons (Fsp3) is 0.500. The van der Waals surface area contributed by atoms with Crippen LogP contribution in [0.1, 0.15) is 9.78 Å². The fourth-order valence-electron chi connectivity index (χ4n) is 0.389. The Labute approximate surface area is 127 Å².